The molecule has 0 radical (unpaired) electrons. The number of nitrogens with one attached hydrogen (secondary N) is 2. The monoisotopic (exact) mass is 535 g/mol. The third-order valence-corrected chi connectivity index (χ3v) is 7.74. The van der Waals surface area contributed by atoms with Crippen molar-refractivity contribution in [3.05, 3.63) is 42.0 Å². The molecule has 0 aliphatic carbocycles. The first-order valence-electron chi connectivity index (χ1n) is 11.6. The van der Waals surface area contributed by atoms with E-state index >= 15 is 0 Å². The molecule has 1 fully saturated rings. The Morgan fingerprint density at radius 3 is 2.43 bits per heavy atom. The summed E-state index contributed by atoms with van der Waals surface area (Å²) in [6, 6.07) is 9.77. The molecule has 200 valence electrons. The maximum Gasteiger partial charge on any atom is 0.309 e. The highest BCUT2D eigenvalue weighted by atomic mass is 32.2. The number of sulfonamides is 1. The van der Waals surface area contributed by atoms with Crippen LogP contribution in [-0.2, 0) is 30.8 Å². The molecule has 13 heteroatoms. The van der Waals surface area contributed by atoms with Gasteiger partial charge in [0.1, 0.15) is 19.4 Å². The lowest BCUT2D eigenvalue weighted by Crippen LogP contribution is -2.47. The van der Waals surface area contributed by atoms with E-state index in [0.29, 0.717) is 42.6 Å². The highest BCUT2D eigenvalue weighted by Crippen LogP contribution is 2.34. The molecule has 2 N–H and O–H groups in total. The average molecular weight is 536 g/mol. The lowest BCUT2D eigenvalue weighted by atomic mass is 10.1. The van der Waals surface area contributed by atoms with Gasteiger partial charge in [0, 0.05) is 19.2 Å². The first kappa shape index (κ1) is 26.5. The Hall–Kier alpha value is -3.55. The van der Waals surface area contributed by atoms with Gasteiger partial charge in [-0.3, -0.25) is 9.59 Å². The Kier molecular flexibility index (Phi) is 8.36. The Morgan fingerprint density at radius 1 is 0.946 bits per heavy atom. The SMILES string of the molecule is COc1ccc(CCNC(=O)C(=O)NC[C@H]2OCCN2S(=O)(=O)c2ccc3c(c2)OCCO3)cc1OC. The van der Waals surface area contributed by atoms with Crippen LogP contribution in [0, 0.1) is 0 Å². The molecule has 2 aromatic rings. The summed E-state index contributed by atoms with van der Waals surface area (Å²) in [6.45, 7) is 1.01. The molecule has 2 aromatic carbocycles. The first-order valence-corrected chi connectivity index (χ1v) is 13.1. The molecule has 2 heterocycles. The van der Waals surface area contributed by atoms with E-state index in [2.05, 4.69) is 10.6 Å². The van der Waals surface area contributed by atoms with Crippen LogP contribution in [0.3, 0.4) is 0 Å². The van der Waals surface area contributed by atoms with Gasteiger partial charge in [0.15, 0.2) is 23.0 Å². The number of methoxy groups -OCH3 is 2. The van der Waals surface area contributed by atoms with Crippen LogP contribution >= 0.6 is 0 Å². The minimum atomic E-state index is -3.94. The van der Waals surface area contributed by atoms with E-state index < -0.39 is 28.1 Å². The van der Waals surface area contributed by atoms with Gasteiger partial charge in [-0.25, -0.2) is 8.42 Å². The van der Waals surface area contributed by atoms with Gasteiger partial charge in [-0.2, -0.15) is 4.31 Å². The minimum Gasteiger partial charge on any atom is -0.493 e. The molecule has 37 heavy (non-hydrogen) atoms. The summed E-state index contributed by atoms with van der Waals surface area (Å²) >= 11 is 0. The average Bonchev–Trinajstić information content (AvgIpc) is 3.41. The fourth-order valence-corrected chi connectivity index (χ4v) is 5.48. The third-order valence-electron chi connectivity index (χ3n) is 5.85. The van der Waals surface area contributed by atoms with E-state index in [4.69, 9.17) is 23.7 Å². The summed E-state index contributed by atoms with van der Waals surface area (Å²) in [7, 11) is -0.870. The number of hydrogen-bond donors (Lipinski definition) is 2. The van der Waals surface area contributed by atoms with Crippen LogP contribution in [0.5, 0.6) is 23.0 Å². The largest absolute Gasteiger partial charge is 0.493 e. The summed E-state index contributed by atoms with van der Waals surface area (Å²) in [5.41, 5.74) is 0.887. The number of benzene rings is 2. The van der Waals surface area contributed by atoms with Crippen molar-refractivity contribution in [2.75, 3.05) is 53.7 Å². The van der Waals surface area contributed by atoms with Crippen molar-refractivity contribution in [1.29, 1.82) is 0 Å². The topological polar surface area (TPSA) is 142 Å². The second-order valence-electron chi connectivity index (χ2n) is 8.15. The van der Waals surface area contributed by atoms with Gasteiger partial charge in [0.25, 0.3) is 0 Å². The summed E-state index contributed by atoms with van der Waals surface area (Å²) in [4.78, 5) is 24.6. The molecule has 2 aliphatic heterocycles. The number of rotatable bonds is 9. The lowest BCUT2D eigenvalue weighted by molar-refractivity contribution is -0.139. The zero-order valence-corrected chi connectivity index (χ0v) is 21.3. The number of fused-ring (bicyclic) bond motifs is 1. The number of carbonyl (C=O) groups excluding carboxylic acids is 2. The van der Waals surface area contributed by atoms with Crippen LogP contribution in [0.25, 0.3) is 0 Å². The Morgan fingerprint density at radius 2 is 1.68 bits per heavy atom. The molecule has 2 aliphatic rings. The molecular formula is C24H29N3O9S. The highest BCUT2D eigenvalue weighted by molar-refractivity contribution is 7.89. The zero-order chi connectivity index (χ0) is 26.4. The lowest BCUT2D eigenvalue weighted by Gasteiger charge is -2.24. The molecule has 1 saturated heterocycles. The number of nitrogens with zero attached hydrogens (tertiary/aromatic N) is 1. The Bertz CT molecular complexity index is 1250. The van der Waals surface area contributed by atoms with Gasteiger partial charge >= 0.3 is 11.8 Å². The van der Waals surface area contributed by atoms with E-state index in [1.807, 2.05) is 6.07 Å². The number of hydrogen-bond acceptors (Lipinski definition) is 9. The predicted octanol–water partition coefficient (Wildman–Crippen LogP) is 0.297. The Balaban J connectivity index is 1.29. The summed E-state index contributed by atoms with van der Waals surface area (Å²) < 4.78 is 54.5. The van der Waals surface area contributed by atoms with Crippen molar-refractivity contribution in [2.45, 2.75) is 17.5 Å². The summed E-state index contributed by atoms with van der Waals surface area (Å²) in [6.07, 6.45) is -0.492. The smallest absolute Gasteiger partial charge is 0.309 e. The molecule has 0 aromatic heterocycles. The normalized spacial score (nSPS) is 17.2. The maximum absolute atomic E-state index is 13.2. The predicted molar refractivity (Wildman–Crippen MR) is 130 cm³/mol. The van der Waals surface area contributed by atoms with Crippen molar-refractivity contribution in [3.8, 4) is 23.0 Å². The minimum absolute atomic E-state index is 0.0199. The van der Waals surface area contributed by atoms with Crippen LogP contribution in [-0.4, -0.2) is 84.4 Å². The second kappa shape index (κ2) is 11.7. The molecule has 0 unspecified atom stereocenters. The van der Waals surface area contributed by atoms with Gasteiger partial charge in [-0.15, -0.1) is 0 Å². The van der Waals surface area contributed by atoms with E-state index in [1.165, 1.54) is 19.2 Å². The van der Waals surface area contributed by atoms with E-state index in [1.54, 1.807) is 25.3 Å². The van der Waals surface area contributed by atoms with Crippen LogP contribution in [0.1, 0.15) is 5.56 Å². The van der Waals surface area contributed by atoms with Gasteiger partial charge < -0.3 is 34.3 Å². The molecule has 0 bridgehead atoms. The Labute approximate surface area is 214 Å². The number of carbonyl (C=O) groups is 2. The van der Waals surface area contributed by atoms with Crippen molar-refractivity contribution < 1.29 is 41.7 Å². The van der Waals surface area contributed by atoms with Crippen LogP contribution in [0.2, 0.25) is 0 Å². The van der Waals surface area contributed by atoms with E-state index in [-0.39, 0.29) is 31.1 Å². The van der Waals surface area contributed by atoms with Crippen molar-refractivity contribution in [1.82, 2.24) is 14.9 Å². The van der Waals surface area contributed by atoms with Gasteiger partial charge in [0.05, 0.1) is 32.3 Å². The second-order valence-corrected chi connectivity index (χ2v) is 10.0. The highest BCUT2D eigenvalue weighted by Gasteiger charge is 2.37. The fraction of sp³-hybridized carbons (Fsp3) is 0.417. The first-order chi connectivity index (χ1) is 17.8. The van der Waals surface area contributed by atoms with Crippen LogP contribution in [0.15, 0.2) is 41.3 Å². The van der Waals surface area contributed by atoms with Crippen molar-refractivity contribution in [3.63, 3.8) is 0 Å². The zero-order valence-electron chi connectivity index (χ0n) is 20.5. The number of amides is 2. The summed E-state index contributed by atoms with van der Waals surface area (Å²) in [5, 5.41) is 4.99. The standard InChI is InChI=1S/C24H29N3O9S/c1-32-18-5-3-16(13-20(18)33-2)7-8-25-23(28)24(29)26-15-22-27(9-10-36-22)37(30,31)17-4-6-19-21(14-17)35-12-11-34-19/h3-6,13-14,22H,7-12,15H2,1-2H3,(H,25,28)(H,26,29)/t22-/m1/s1. The van der Waals surface area contributed by atoms with Gasteiger partial charge in [0.2, 0.25) is 10.0 Å². The maximum atomic E-state index is 13.2. The molecule has 0 spiro atoms. The van der Waals surface area contributed by atoms with E-state index in [0.717, 1.165) is 9.87 Å². The van der Waals surface area contributed by atoms with Crippen LogP contribution in [0.4, 0.5) is 0 Å². The van der Waals surface area contributed by atoms with Crippen LogP contribution < -0.4 is 29.6 Å². The molecule has 0 saturated carbocycles. The third kappa shape index (κ3) is 6.06. The molecule has 12 nitrogen and oxygen atoms in total. The molecule has 4 rings (SSSR count). The van der Waals surface area contributed by atoms with Crippen molar-refractivity contribution in [2.24, 2.45) is 0 Å². The van der Waals surface area contributed by atoms with Gasteiger partial charge in [-0.1, -0.05) is 6.07 Å². The molecular weight excluding hydrogens is 506 g/mol. The van der Waals surface area contributed by atoms with E-state index in [9.17, 15) is 18.0 Å². The molecule has 1 atom stereocenters. The van der Waals surface area contributed by atoms with Gasteiger partial charge in [-0.05, 0) is 36.2 Å². The quantitative estimate of drug-likeness (QED) is 0.434. The van der Waals surface area contributed by atoms with Crippen molar-refractivity contribution >= 4 is 21.8 Å². The number of ether oxygens (including phenoxy) is 5. The molecule has 2 amide bonds. The fourth-order valence-electron chi connectivity index (χ4n) is 3.96. The summed E-state index contributed by atoms with van der Waals surface area (Å²) in [5.74, 6) is 0.260.